The lowest BCUT2D eigenvalue weighted by Crippen LogP contribution is -2.37. The summed E-state index contributed by atoms with van der Waals surface area (Å²) in [6, 6.07) is 5.04. The highest BCUT2D eigenvalue weighted by Gasteiger charge is 2.15. The number of hydrogen-bond donors (Lipinski definition) is 2. The molecule has 1 aromatic heterocycles. The van der Waals surface area contributed by atoms with E-state index < -0.39 is 0 Å². The molecule has 2 aromatic rings. The third-order valence-electron chi connectivity index (χ3n) is 4.16. The van der Waals surface area contributed by atoms with E-state index in [2.05, 4.69) is 20.8 Å². The van der Waals surface area contributed by atoms with Gasteiger partial charge in [-0.2, -0.15) is 4.98 Å². The smallest absolute Gasteiger partial charge is 0.227 e. The van der Waals surface area contributed by atoms with Crippen molar-refractivity contribution >= 4 is 5.91 Å². The third kappa shape index (κ3) is 4.17. The fraction of sp³-hybridized carbons (Fsp3) is 0.471. The monoisotopic (exact) mass is 332 g/mol. The first-order valence-electron chi connectivity index (χ1n) is 8.21. The second-order valence-corrected chi connectivity index (χ2v) is 6.07. The van der Waals surface area contributed by atoms with Crippen molar-refractivity contribution in [3.63, 3.8) is 0 Å². The van der Waals surface area contributed by atoms with E-state index in [0.29, 0.717) is 48.3 Å². The molecule has 1 aromatic carbocycles. The van der Waals surface area contributed by atoms with Gasteiger partial charge in [-0.05, 0) is 50.1 Å². The number of carbonyl (C=O) groups is 1. The van der Waals surface area contributed by atoms with Gasteiger partial charge < -0.3 is 15.2 Å². The first-order valence-corrected chi connectivity index (χ1v) is 8.21. The second kappa shape index (κ2) is 7.53. The maximum Gasteiger partial charge on any atom is 0.227 e. The number of benzene rings is 1. The minimum atomic E-state index is -0.268. The van der Waals surface area contributed by atoms with Gasteiger partial charge in [-0.25, -0.2) is 4.39 Å². The standard InChI is InChI=1S/C17H21FN4O2/c1-11-9-12(4-5-14(11)18)17-21-16(24-22-17)7-6-15(23)20-10-13-3-2-8-19-13/h4-5,9,13,19H,2-3,6-8,10H2,1H3,(H,20,23). The minimum Gasteiger partial charge on any atom is -0.355 e. The molecule has 2 N–H and O–H groups in total. The average Bonchev–Trinajstić information content (AvgIpc) is 3.25. The Hall–Kier alpha value is -2.28. The van der Waals surface area contributed by atoms with Gasteiger partial charge in [0.25, 0.3) is 0 Å². The zero-order chi connectivity index (χ0) is 16.9. The molecule has 2 heterocycles. The van der Waals surface area contributed by atoms with Crippen LogP contribution in [0.5, 0.6) is 0 Å². The number of hydrogen-bond acceptors (Lipinski definition) is 5. The Labute approximate surface area is 139 Å². The van der Waals surface area contributed by atoms with Crippen LogP contribution in [0, 0.1) is 12.7 Å². The van der Waals surface area contributed by atoms with Gasteiger partial charge in [0, 0.05) is 31.0 Å². The highest BCUT2D eigenvalue weighted by molar-refractivity contribution is 5.76. The molecule has 3 rings (SSSR count). The molecule has 1 aliphatic rings. The van der Waals surface area contributed by atoms with Crippen molar-refractivity contribution in [1.82, 2.24) is 20.8 Å². The number of nitrogens with one attached hydrogen (secondary N) is 2. The van der Waals surface area contributed by atoms with Gasteiger partial charge in [0.05, 0.1) is 0 Å². The first-order chi connectivity index (χ1) is 11.6. The summed E-state index contributed by atoms with van der Waals surface area (Å²) in [6.45, 7) is 3.36. The Morgan fingerprint density at radius 2 is 2.38 bits per heavy atom. The summed E-state index contributed by atoms with van der Waals surface area (Å²) in [5.74, 6) is 0.516. The highest BCUT2D eigenvalue weighted by Crippen LogP contribution is 2.19. The van der Waals surface area contributed by atoms with Crippen LogP contribution in [-0.4, -0.2) is 35.2 Å². The number of aryl methyl sites for hydroxylation is 2. The molecule has 7 heteroatoms. The molecule has 1 atom stereocenters. The number of carbonyl (C=O) groups excluding carboxylic acids is 1. The first kappa shape index (κ1) is 16.6. The summed E-state index contributed by atoms with van der Waals surface area (Å²) in [7, 11) is 0. The van der Waals surface area contributed by atoms with Crippen molar-refractivity contribution in [2.24, 2.45) is 0 Å². The van der Waals surface area contributed by atoms with Gasteiger partial charge in [0.15, 0.2) is 0 Å². The van der Waals surface area contributed by atoms with Crippen LogP contribution in [0.15, 0.2) is 22.7 Å². The van der Waals surface area contributed by atoms with E-state index in [4.69, 9.17) is 4.52 Å². The topological polar surface area (TPSA) is 80.0 Å². The predicted molar refractivity (Wildman–Crippen MR) is 86.8 cm³/mol. The summed E-state index contributed by atoms with van der Waals surface area (Å²) in [4.78, 5) is 16.1. The molecule has 0 spiro atoms. The van der Waals surface area contributed by atoms with E-state index in [-0.39, 0.29) is 11.7 Å². The minimum absolute atomic E-state index is 0.0268. The van der Waals surface area contributed by atoms with E-state index in [1.807, 2.05) is 0 Å². The van der Waals surface area contributed by atoms with Crippen LogP contribution in [0.25, 0.3) is 11.4 Å². The van der Waals surface area contributed by atoms with Crippen molar-refractivity contribution in [2.75, 3.05) is 13.1 Å². The van der Waals surface area contributed by atoms with Crippen LogP contribution in [0.3, 0.4) is 0 Å². The molecule has 0 aliphatic carbocycles. The number of nitrogens with zero attached hydrogens (tertiary/aromatic N) is 2. The Bertz CT molecular complexity index is 710. The van der Waals surface area contributed by atoms with Gasteiger partial charge in [0.2, 0.25) is 17.6 Å². The van der Waals surface area contributed by atoms with Gasteiger partial charge in [-0.1, -0.05) is 5.16 Å². The van der Waals surface area contributed by atoms with E-state index in [1.165, 1.54) is 6.07 Å². The molecule has 24 heavy (non-hydrogen) atoms. The number of amides is 1. The summed E-state index contributed by atoms with van der Waals surface area (Å²) in [5, 5.41) is 10.1. The fourth-order valence-corrected chi connectivity index (χ4v) is 2.73. The molecule has 1 aliphatic heterocycles. The predicted octanol–water partition coefficient (Wildman–Crippen LogP) is 1.98. The molecular weight excluding hydrogens is 311 g/mol. The third-order valence-corrected chi connectivity index (χ3v) is 4.16. The van der Waals surface area contributed by atoms with Gasteiger partial charge >= 0.3 is 0 Å². The molecule has 1 saturated heterocycles. The van der Waals surface area contributed by atoms with Crippen molar-refractivity contribution < 1.29 is 13.7 Å². The molecular formula is C17H21FN4O2. The lowest BCUT2D eigenvalue weighted by Gasteiger charge is -2.10. The molecule has 0 radical (unpaired) electrons. The number of halogens is 1. The van der Waals surface area contributed by atoms with E-state index in [1.54, 1.807) is 19.1 Å². The molecule has 128 valence electrons. The summed E-state index contributed by atoms with van der Waals surface area (Å²) < 4.78 is 18.5. The maximum atomic E-state index is 13.3. The average molecular weight is 332 g/mol. The lowest BCUT2D eigenvalue weighted by atomic mass is 10.1. The Morgan fingerprint density at radius 3 is 3.12 bits per heavy atom. The number of rotatable bonds is 6. The fourth-order valence-electron chi connectivity index (χ4n) is 2.73. The molecule has 1 fully saturated rings. The van der Waals surface area contributed by atoms with Crippen LogP contribution in [0.4, 0.5) is 4.39 Å². The molecule has 1 unspecified atom stereocenters. The van der Waals surface area contributed by atoms with Crippen LogP contribution < -0.4 is 10.6 Å². The van der Waals surface area contributed by atoms with Crippen molar-refractivity contribution in [3.8, 4) is 11.4 Å². The zero-order valence-electron chi connectivity index (χ0n) is 13.6. The molecule has 0 bridgehead atoms. The van der Waals surface area contributed by atoms with Crippen LogP contribution in [0.2, 0.25) is 0 Å². The highest BCUT2D eigenvalue weighted by atomic mass is 19.1. The van der Waals surface area contributed by atoms with Gasteiger partial charge in [-0.3, -0.25) is 4.79 Å². The summed E-state index contributed by atoms with van der Waals surface area (Å²) in [6.07, 6.45) is 2.95. The number of aromatic nitrogens is 2. The largest absolute Gasteiger partial charge is 0.355 e. The van der Waals surface area contributed by atoms with E-state index in [0.717, 1.165) is 19.4 Å². The Balaban J connectivity index is 1.50. The van der Waals surface area contributed by atoms with Gasteiger partial charge in [-0.15, -0.1) is 0 Å². The lowest BCUT2D eigenvalue weighted by molar-refractivity contribution is -0.121. The summed E-state index contributed by atoms with van der Waals surface area (Å²) in [5.41, 5.74) is 1.22. The van der Waals surface area contributed by atoms with Crippen molar-refractivity contribution in [1.29, 1.82) is 0 Å². The van der Waals surface area contributed by atoms with Crippen LogP contribution in [0.1, 0.15) is 30.7 Å². The SMILES string of the molecule is Cc1cc(-c2noc(CCC(=O)NCC3CCCN3)n2)ccc1F. The van der Waals surface area contributed by atoms with Crippen molar-refractivity contribution in [2.45, 2.75) is 38.6 Å². The summed E-state index contributed by atoms with van der Waals surface area (Å²) >= 11 is 0. The molecule has 6 nitrogen and oxygen atoms in total. The van der Waals surface area contributed by atoms with Crippen molar-refractivity contribution in [3.05, 3.63) is 35.5 Å². The normalized spacial score (nSPS) is 17.2. The quantitative estimate of drug-likeness (QED) is 0.845. The Morgan fingerprint density at radius 1 is 1.50 bits per heavy atom. The van der Waals surface area contributed by atoms with Crippen LogP contribution in [-0.2, 0) is 11.2 Å². The van der Waals surface area contributed by atoms with E-state index in [9.17, 15) is 9.18 Å². The molecule has 0 saturated carbocycles. The maximum absolute atomic E-state index is 13.3. The second-order valence-electron chi connectivity index (χ2n) is 6.07. The molecule has 1 amide bonds. The van der Waals surface area contributed by atoms with E-state index >= 15 is 0 Å². The van der Waals surface area contributed by atoms with Gasteiger partial charge in [0.1, 0.15) is 5.82 Å². The zero-order valence-corrected chi connectivity index (χ0v) is 13.6. The van der Waals surface area contributed by atoms with Crippen LogP contribution >= 0.6 is 0 Å². The Kier molecular flexibility index (Phi) is 5.20.